The summed E-state index contributed by atoms with van der Waals surface area (Å²) >= 11 is 0. The Balaban J connectivity index is 2.09. The van der Waals surface area contributed by atoms with Crippen molar-refractivity contribution in [2.45, 2.75) is 45.7 Å². The molecule has 0 bridgehead atoms. The van der Waals surface area contributed by atoms with Crippen LogP contribution in [0.1, 0.15) is 42.5 Å². The number of hydrogen-bond donors (Lipinski definition) is 1. The van der Waals surface area contributed by atoms with Crippen LogP contribution in [0.4, 0.5) is 0 Å². The van der Waals surface area contributed by atoms with Crippen LogP contribution < -0.4 is 5.73 Å². The van der Waals surface area contributed by atoms with Crippen molar-refractivity contribution in [3.8, 4) is 0 Å². The zero-order valence-electron chi connectivity index (χ0n) is 14.1. The van der Waals surface area contributed by atoms with Crippen LogP contribution in [0, 0.1) is 13.8 Å². The largest absolute Gasteiger partial charge is 0.329 e. The highest BCUT2D eigenvalue weighted by Gasteiger charge is 2.27. The lowest BCUT2D eigenvalue weighted by Gasteiger charge is -2.33. The molecule has 118 valence electrons. The highest BCUT2D eigenvalue weighted by Crippen LogP contribution is 2.25. The van der Waals surface area contributed by atoms with Gasteiger partial charge in [0.25, 0.3) is 0 Å². The summed E-state index contributed by atoms with van der Waals surface area (Å²) in [6, 6.07) is 7.74. The fraction of sp³-hybridized carbons (Fsp3) is 0.667. The van der Waals surface area contributed by atoms with E-state index in [4.69, 9.17) is 5.73 Å². The van der Waals surface area contributed by atoms with Gasteiger partial charge in [-0.1, -0.05) is 30.7 Å². The molecule has 1 saturated heterocycles. The first-order valence-electron chi connectivity index (χ1n) is 8.28. The second-order valence-corrected chi connectivity index (χ2v) is 6.48. The molecular formula is C18H31N3. The maximum Gasteiger partial charge on any atom is 0.0470 e. The molecule has 0 radical (unpaired) electrons. The molecule has 3 heteroatoms. The molecule has 1 aromatic carbocycles. The van der Waals surface area contributed by atoms with Gasteiger partial charge < -0.3 is 5.73 Å². The molecular weight excluding hydrogens is 258 g/mol. The van der Waals surface area contributed by atoms with Crippen LogP contribution >= 0.6 is 0 Å². The Hall–Kier alpha value is -0.900. The summed E-state index contributed by atoms with van der Waals surface area (Å²) in [7, 11) is 2.23. The minimum absolute atomic E-state index is 0.324. The van der Waals surface area contributed by atoms with Crippen molar-refractivity contribution < 1.29 is 0 Å². The SMILES string of the molecule is CCN1CCCC1CN(C)C(CN)c1ccc(C)cc1C. The molecule has 0 aromatic heterocycles. The molecule has 2 unspecified atom stereocenters. The van der Waals surface area contributed by atoms with Crippen molar-refractivity contribution in [1.29, 1.82) is 0 Å². The molecule has 21 heavy (non-hydrogen) atoms. The van der Waals surface area contributed by atoms with Crippen molar-refractivity contribution in [3.05, 3.63) is 34.9 Å². The monoisotopic (exact) mass is 289 g/mol. The topological polar surface area (TPSA) is 32.5 Å². The van der Waals surface area contributed by atoms with Gasteiger partial charge >= 0.3 is 0 Å². The summed E-state index contributed by atoms with van der Waals surface area (Å²) in [4.78, 5) is 5.06. The number of rotatable bonds is 6. The molecule has 1 heterocycles. The minimum atomic E-state index is 0.324. The Kier molecular flexibility index (Phi) is 5.80. The number of likely N-dealkylation sites (N-methyl/N-ethyl adjacent to an activating group) is 2. The number of likely N-dealkylation sites (tertiary alicyclic amines) is 1. The van der Waals surface area contributed by atoms with Crippen molar-refractivity contribution in [2.24, 2.45) is 5.73 Å². The van der Waals surface area contributed by atoms with E-state index in [1.807, 2.05) is 0 Å². The number of nitrogens with two attached hydrogens (primary N) is 1. The second kappa shape index (κ2) is 7.39. The lowest BCUT2D eigenvalue weighted by molar-refractivity contribution is 0.165. The Morgan fingerprint density at radius 2 is 2.14 bits per heavy atom. The Labute approximate surface area is 130 Å². The quantitative estimate of drug-likeness (QED) is 0.874. The van der Waals surface area contributed by atoms with Crippen LogP contribution in [0.3, 0.4) is 0 Å². The highest BCUT2D eigenvalue weighted by atomic mass is 15.2. The third-order valence-electron chi connectivity index (χ3n) is 4.94. The smallest absolute Gasteiger partial charge is 0.0470 e. The summed E-state index contributed by atoms with van der Waals surface area (Å²) < 4.78 is 0. The maximum atomic E-state index is 6.10. The van der Waals surface area contributed by atoms with Crippen LogP contribution in [0.2, 0.25) is 0 Å². The number of nitrogens with zero attached hydrogens (tertiary/aromatic N) is 2. The second-order valence-electron chi connectivity index (χ2n) is 6.48. The molecule has 0 aliphatic carbocycles. The van der Waals surface area contributed by atoms with E-state index in [0.717, 1.165) is 13.1 Å². The van der Waals surface area contributed by atoms with E-state index in [2.05, 4.69) is 55.8 Å². The standard InChI is InChI=1S/C18H31N3/c1-5-21-10-6-7-16(21)13-20(4)18(12-19)17-9-8-14(2)11-15(17)3/h8-9,11,16,18H,5-7,10,12-13,19H2,1-4H3. The maximum absolute atomic E-state index is 6.10. The van der Waals surface area contributed by atoms with Gasteiger partial charge in [-0.15, -0.1) is 0 Å². The lowest BCUT2D eigenvalue weighted by Crippen LogP contribution is -2.42. The molecule has 0 spiro atoms. The van der Waals surface area contributed by atoms with Crippen LogP contribution in [0.15, 0.2) is 18.2 Å². The Morgan fingerprint density at radius 1 is 1.38 bits per heavy atom. The molecule has 2 rings (SSSR count). The van der Waals surface area contributed by atoms with Crippen LogP contribution in [0.25, 0.3) is 0 Å². The van der Waals surface area contributed by atoms with E-state index >= 15 is 0 Å². The first kappa shape index (κ1) is 16.5. The van der Waals surface area contributed by atoms with Crippen molar-refractivity contribution >= 4 is 0 Å². The predicted molar refractivity (Wildman–Crippen MR) is 90.6 cm³/mol. The molecule has 2 atom stereocenters. The average Bonchev–Trinajstić information content (AvgIpc) is 2.89. The van der Waals surface area contributed by atoms with E-state index < -0.39 is 0 Å². The molecule has 3 nitrogen and oxygen atoms in total. The van der Waals surface area contributed by atoms with Gasteiger partial charge in [0.1, 0.15) is 0 Å². The van der Waals surface area contributed by atoms with Gasteiger partial charge in [-0.3, -0.25) is 9.80 Å². The van der Waals surface area contributed by atoms with Gasteiger partial charge in [-0.25, -0.2) is 0 Å². The fourth-order valence-corrected chi connectivity index (χ4v) is 3.72. The summed E-state index contributed by atoms with van der Waals surface area (Å²) in [5.74, 6) is 0. The first-order valence-corrected chi connectivity index (χ1v) is 8.28. The highest BCUT2D eigenvalue weighted by molar-refractivity contribution is 5.33. The Morgan fingerprint density at radius 3 is 2.76 bits per heavy atom. The number of benzene rings is 1. The van der Waals surface area contributed by atoms with E-state index in [1.165, 1.54) is 36.1 Å². The third kappa shape index (κ3) is 3.85. The van der Waals surface area contributed by atoms with Gasteiger partial charge in [0.05, 0.1) is 0 Å². The molecule has 1 aliphatic rings. The van der Waals surface area contributed by atoms with E-state index in [-0.39, 0.29) is 0 Å². The van der Waals surface area contributed by atoms with Crippen molar-refractivity contribution in [1.82, 2.24) is 9.80 Å². The zero-order chi connectivity index (χ0) is 15.4. The normalized spacial score (nSPS) is 21.1. The van der Waals surface area contributed by atoms with Crippen molar-refractivity contribution in [2.75, 3.05) is 33.2 Å². The molecule has 1 aromatic rings. The van der Waals surface area contributed by atoms with Gasteiger partial charge in [0, 0.05) is 25.2 Å². The van der Waals surface area contributed by atoms with Gasteiger partial charge in [-0.05, 0) is 58.0 Å². The summed E-state index contributed by atoms with van der Waals surface area (Å²) in [5.41, 5.74) is 10.2. The zero-order valence-corrected chi connectivity index (χ0v) is 14.1. The molecule has 2 N–H and O–H groups in total. The van der Waals surface area contributed by atoms with Crippen molar-refractivity contribution in [3.63, 3.8) is 0 Å². The number of aryl methyl sites for hydroxylation is 2. The molecule has 1 fully saturated rings. The average molecular weight is 289 g/mol. The lowest BCUT2D eigenvalue weighted by atomic mass is 9.98. The van der Waals surface area contributed by atoms with Gasteiger partial charge in [0.15, 0.2) is 0 Å². The summed E-state index contributed by atoms with van der Waals surface area (Å²) in [6.07, 6.45) is 2.66. The third-order valence-corrected chi connectivity index (χ3v) is 4.94. The summed E-state index contributed by atoms with van der Waals surface area (Å²) in [6.45, 7) is 10.8. The molecule has 0 amide bonds. The van der Waals surface area contributed by atoms with E-state index in [0.29, 0.717) is 18.6 Å². The Bertz CT molecular complexity index is 458. The van der Waals surface area contributed by atoms with Gasteiger partial charge in [0.2, 0.25) is 0 Å². The predicted octanol–water partition coefficient (Wildman–Crippen LogP) is 2.72. The molecule has 1 aliphatic heterocycles. The van der Waals surface area contributed by atoms with E-state index in [9.17, 15) is 0 Å². The van der Waals surface area contributed by atoms with Crippen LogP contribution in [0.5, 0.6) is 0 Å². The minimum Gasteiger partial charge on any atom is -0.329 e. The van der Waals surface area contributed by atoms with Gasteiger partial charge in [-0.2, -0.15) is 0 Å². The first-order chi connectivity index (χ1) is 10.1. The van der Waals surface area contributed by atoms with E-state index in [1.54, 1.807) is 0 Å². The van der Waals surface area contributed by atoms with Crippen LogP contribution in [-0.2, 0) is 0 Å². The van der Waals surface area contributed by atoms with Crippen LogP contribution in [-0.4, -0.2) is 49.1 Å². The molecule has 0 saturated carbocycles. The summed E-state index contributed by atoms with van der Waals surface area (Å²) in [5, 5.41) is 0. The number of hydrogen-bond acceptors (Lipinski definition) is 3. The fourth-order valence-electron chi connectivity index (χ4n) is 3.72.